The van der Waals surface area contributed by atoms with E-state index in [4.69, 9.17) is 31.2 Å². The van der Waals surface area contributed by atoms with Crippen molar-refractivity contribution in [1.29, 1.82) is 0 Å². The Balaban J connectivity index is 1.24. The van der Waals surface area contributed by atoms with E-state index in [2.05, 4.69) is 32.7 Å². The fourth-order valence-electron chi connectivity index (χ4n) is 6.98. The van der Waals surface area contributed by atoms with Crippen molar-refractivity contribution in [2.24, 2.45) is 0 Å². The van der Waals surface area contributed by atoms with Gasteiger partial charge in [-0.3, -0.25) is 9.58 Å². The number of halogens is 1. The first-order valence-corrected chi connectivity index (χ1v) is 17.9. The van der Waals surface area contributed by atoms with Crippen LogP contribution in [0.3, 0.4) is 0 Å². The Labute approximate surface area is 289 Å². The predicted octanol–water partition coefficient (Wildman–Crippen LogP) is 7.74. The molecule has 3 fully saturated rings. The molecule has 11 heteroatoms. The molecule has 5 aromatic rings. The van der Waals surface area contributed by atoms with Crippen LogP contribution in [0.4, 0.5) is 5.82 Å². The fourth-order valence-corrected chi connectivity index (χ4v) is 8.23. The van der Waals surface area contributed by atoms with Crippen molar-refractivity contribution in [3.63, 3.8) is 0 Å². The molecule has 250 valence electrons. The first kappa shape index (κ1) is 31.7. The Morgan fingerprint density at radius 2 is 1.73 bits per heavy atom. The highest BCUT2D eigenvalue weighted by atomic mass is 35.5. The van der Waals surface area contributed by atoms with E-state index in [9.17, 15) is 9.90 Å². The summed E-state index contributed by atoms with van der Waals surface area (Å²) in [5.74, 6) is 0.0211. The van der Waals surface area contributed by atoms with Crippen LogP contribution in [0, 0.1) is 6.92 Å². The largest absolute Gasteiger partial charge is 0.479 e. The van der Waals surface area contributed by atoms with E-state index in [1.165, 1.54) is 0 Å². The molecule has 9 nitrogen and oxygen atoms in total. The molecule has 3 aliphatic rings. The van der Waals surface area contributed by atoms with Gasteiger partial charge in [-0.1, -0.05) is 23.7 Å². The predicted molar refractivity (Wildman–Crippen MR) is 191 cm³/mol. The number of carboxylic acid groups (broad SMARTS) is 1. The molecule has 1 N–H and O–H groups in total. The molecule has 3 aromatic carbocycles. The second kappa shape index (κ2) is 12.1. The average molecular weight is 686 g/mol. The number of hydrogen-bond donors (Lipinski definition) is 1. The van der Waals surface area contributed by atoms with Gasteiger partial charge in [0.1, 0.15) is 5.01 Å². The minimum Gasteiger partial charge on any atom is -0.479 e. The van der Waals surface area contributed by atoms with Crippen LogP contribution in [0.25, 0.3) is 42.8 Å². The van der Waals surface area contributed by atoms with Crippen molar-refractivity contribution in [1.82, 2.24) is 19.7 Å². The minimum absolute atomic E-state index is 0.462. The number of anilines is 1. The van der Waals surface area contributed by atoms with E-state index in [1.807, 2.05) is 58.0 Å². The fraction of sp³-hybridized carbons (Fsp3) is 0.432. The van der Waals surface area contributed by atoms with E-state index < -0.39 is 17.7 Å². The summed E-state index contributed by atoms with van der Waals surface area (Å²) in [7, 11) is 0. The molecule has 0 unspecified atom stereocenters. The summed E-state index contributed by atoms with van der Waals surface area (Å²) in [4.78, 5) is 22.9. The maximum absolute atomic E-state index is 12.8. The molecule has 1 atom stereocenters. The molecule has 1 saturated carbocycles. The SMILES string of the molecule is Cc1cc2nc(-c3ccc4c(c3)c(N3CCN(C5COC5)CC3)nn4C3CC3)sc2c(-c2ccc(Cl)cc2)c1[C@H](OC(C)(C)C)C(=O)O. The summed E-state index contributed by atoms with van der Waals surface area (Å²) in [6, 6.07) is 17.2. The summed E-state index contributed by atoms with van der Waals surface area (Å²) in [5.41, 5.74) is 5.49. The Kier molecular flexibility index (Phi) is 8.00. The van der Waals surface area contributed by atoms with Crippen molar-refractivity contribution in [3.05, 3.63) is 64.7 Å². The van der Waals surface area contributed by atoms with Gasteiger partial charge in [0.2, 0.25) is 0 Å². The van der Waals surface area contributed by atoms with Crippen molar-refractivity contribution < 1.29 is 19.4 Å². The number of carbonyl (C=O) groups is 1. The van der Waals surface area contributed by atoms with Crippen LogP contribution < -0.4 is 4.90 Å². The lowest BCUT2D eigenvalue weighted by Gasteiger charge is -2.42. The zero-order valence-electron chi connectivity index (χ0n) is 27.7. The van der Waals surface area contributed by atoms with Crippen LogP contribution in [-0.2, 0) is 14.3 Å². The van der Waals surface area contributed by atoms with Crippen molar-refractivity contribution in [3.8, 4) is 21.7 Å². The van der Waals surface area contributed by atoms with Crippen LogP contribution in [0.1, 0.15) is 56.9 Å². The third-order valence-electron chi connectivity index (χ3n) is 9.60. The van der Waals surface area contributed by atoms with Gasteiger partial charge in [-0.15, -0.1) is 11.3 Å². The number of hydrogen-bond acceptors (Lipinski definition) is 8. The summed E-state index contributed by atoms with van der Waals surface area (Å²) >= 11 is 7.88. The van der Waals surface area contributed by atoms with E-state index in [-0.39, 0.29) is 0 Å². The molecule has 48 heavy (non-hydrogen) atoms. The maximum atomic E-state index is 12.8. The maximum Gasteiger partial charge on any atom is 0.337 e. The number of fused-ring (bicyclic) bond motifs is 2. The number of nitrogens with zero attached hydrogens (tertiary/aromatic N) is 5. The molecule has 2 aliphatic heterocycles. The minimum atomic E-state index is -1.16. The third kappa shape index (κ3) is 5.87. The number of carboxylic acids is 1. The second-order valence-corrected chi connectivity index (χ2v) is 15.7. The molecular formula is C37H40ClN5O4S. The molecule has 2 saturated heterocycles. The van der Waals surface area contributed by atoms with Gasteiger partial charge in [0, 0.05) is 53.3 Å². The van der Waals surface area contributed by atoms with Crippen molar-refractivity contribution in [2.75, 3.05) is 44.3 Å². The molecular weight excluding hydrogens is 646 g/mol. The highest BCUT2D eigenvalue weighted by Crippen LogP contribution is 2.46. The van der Waals surface area contributed by atoms with E-state index >= 15 is 0 Å². The van der Waals surface area contributed by atoms with Crippen LogP contribution in [0.2, 0.25) is 5.02 Å². The number of rotatable bonds is 8. The number of aryl methyl sites for hydroxylation is 1. The quantitative estimate of drug-likeness (QED) is 0.177. The molecule has 0 bridgehead atoms. The summed E-state index contributed by atoms with van der Waals surface area (Å²) < 4.78 is 14.8. The monoisotopic (exact) mass is 685 g/mol. The number of thiazole rings is 1. The van der Waals surface area contributed by atoms with Gasteiger partial charge in [-0.25, -0.2) is 9.78 Å². The number of aliphatic carboxylic acids is 1. The molecule has 1 aliphatic carbocycles. The van der Waals surface area contributed by atoms with E-state index in [1.54, 1.807) is 11.3 Å². The Bertz CT molecular complexity index is 2020. The third-order valence-corrected chi connectivity index (χ3v) is 11.0. The molecule has 8 rings (SSSR count). The summed E-state index contributed by atoms with van der Waals surface area (Å²) in [6.45, 7) is 13.1. The Morgan fingerprint density at radius 3 is 2.35 bits per heavy atom. The first-order chi connectivity index (χ1) is 23.0. The van der Waals surface area contributed by atoms with Crippen LogP contribution >= 0.6 is 22.9 Å². The van der Waals surface area contributed by atoms with Gasteiger partial charge in [-0.2, -0.15) is 5.10 Å². The Hall–Kier alpha value is -3.54. The molecule has 2 aromatic heterocycles. The number of ether oxygens (including phenoxy) is 2. The van der Waals surface area contributed by atoms with Gasteiger partial charge in [0.05, 0.1) is 46.6 Å². The average Bonchev–Trinajstić information content (AvgIpc) is 3.67. The first-order valence-electron chi connectivity index (χ1n) is 16.7. The highest BCUT2D eigenvalue weighted by molar-refractivity contribution is 7.22. The normalized spacial score (nSPS) is 18.5. The summed E-state index contributed by atoms with van der Waals surface area (Å²) in [5, 5.41) is 18.3. The van der Waals surface area contributed by atoms with Crippen molar-refractivity contribution >= 4 is 55.8 Å². The van der Waals surface area contributed by atoms with Crippen LogP contribution in [-0.4, -0.2) is 81.8 Å². The van der Waals surface area contributed by atoms with Crippen LogP contribution in [0.15, 0.2) is 48.5 Å². The highest BCUT2D eigenvalue weighted by Gasteiger charge is 2.34. The molecule has 0 spiro atoms. The lowest BCUT2D eigenvalue weighted by Crippen LogP contribution is -2.56. The van der Waals surface area contributed by atoms with Gasteiger partial charge in [0.15, 0.2) is 11.9 Å². The molecule has 4 heterocycles. The Morgan fingerprint density at radius 1 is 1.02 bits per heavy atom. The lowest BCUT2D eigenvalue weighted by molar-refractivity contribution is -0.160. The topological polar surface area (TPSA) is 93.0 Å². The van der Waals surface area contributed by atoms with Crippen LogP contribution in [0.5, 0.6) is 0 Å². The lowest BCUT2D eigenvalue weighted by atomic mass is 9.91. The number of benzene rings is 3. The van der Waals surface area contributed by atoms with Gasteiger partial charge in [0.25, 0.3) is 0 Å². The zero-order chi connectivity index (χ0) is 33.3. The van der Waals surface area contributed by atoms with E-state index in [0.29, 0.717) is 22.7 Å². The smallest absolute Gasteiger partial charge is 0.337 e. The van der Waals surface area contributed by atoms with Gasteiger partial charge < -0.3 is 19.5 Å². The number of piperazine rings is 1. The van der Waals surface area contributed by atoms with Gasteiger partial charge in [-0.05, 0) is 88.1 Å². The standard InChI is InChI=1S/C37H40ClN5O4S/c1-21-17-28-33(31(22-5-8-24(38)9-6-22)30(21)32(36(44)45)47-37(2,3)4)48-35(39-28)23-7-12-29-27(18-23)34(40-43(29)25-10-11-25)42-15-13-41(14-16-42)26-19-46-20-26/h5-9,12,17-18,25-26,32H,10-11,13-16,19-20H2,1-4H3,(H,44,45)/t32-/m0/s1. The molecule has 0 radical (unpaired) electrons. The second-order valence-electron chi connectivity index (χ2n) is 14.3. The molecule has 0 amide bonds. The van der Waals surface area contributed by atoms with E-state index in [0.717, 1.165) is 106 Å². The van der Waals surface area contributed by atoms with Crippen molar-refractivity contribution in [2.45, 2.75) is 64.3 Å². The van der Waals surface area contributed by atoms with Gasteiger partial charge >= 0.3 is 5.97 Å². The summed E-state index contributed by atoms with van der Waals surface area (Å²) in [6.07, 6.45) is 1.17. The zero-order valence-corrected chi connectivity index (χ0v) is 29.3. The number of aromatic nitrogens is 3.